The molecule has 0 amide bonds. The first-order valence-corrected chi connectivity index (χ1v) is 10.3. The molecule has 4 aromatic rings. The van der Waals surface area contributed by atoms with E-state index in [1.165, 1.54) is 3.97 Å². The van der Waals surface area contributed by atoms with Crippen LogP contribution in [0.4, 0.5) is 0 Å². The van der Waals surface area contributed by atoms with Crippen molar-refractivity contribution in [3.8, 4) is 16.9 Å². The molecule has 0 saturated carbocycles. The number of rotatable bonds is 4. The third kappa shape index (κ3) is 2.96. The first kappa shape index (κ1) is 18.3. The smallest absolute Gasteiger partial charge is 0.269 e. The average molecular weight is 392 g/mol. The van der Waals surface area contributed by atoms with Gasteiger partial charge in [0.25, 0.3) is 10.0 Å². The molecule has 0 radical (unpaired) electrons. The van der Waals surface area contributed by atoms with Crippen molar-refractivity contribution in [1.82, 2.24) is 8.96 Å². The van der Waals surface area contributed by atoms with Crippen LogP contribution in [0, 0.1) is 13.8 Å². The van der Waals surface area contributed by atoms with E-state index >= 15 is 0 Å². The van der Waals surface area contributed by atoms with E-state index in [0.29, 0.717) is 11.4 Å². The van der Waals surface area contributed by atoms with Crippen LogP contribution in [0.3, 0.4) is 0 Å². The van der Waals surface area contributed by atoms with E-state index in [1.807, 2.05) is 44.2 Å². The zero-order valence-corrected chi connectivity index (χ0v) is 16.7. The lowest BCUT2D eigenvalue weighted by atomic mass is 10.0. The summed E-state index contributed by atoms with van der Waals surface area (Å²) in [5.41, 5.74) is 3.93. The molecule has 142 valence electrons. The number of fused-ring (bicyclic) bond motifs is 1. The van der Waals surface area contributed by atoms with Crippen molar-refractivity contribution >= 4 is 21.1 Å². The number of ether oxygens (including phenoxy) is 1. The topological polar surface area (TPSA) is 61.2 Å². The number of hydrogen-bond donors (Lipinski definition) is 0. The maximum absolute atomic E-state index is 13.3. The van der Waals surface area contributed by atoms with Crippen LogP contribution in [0.1, 0.15) is 11.1 Å². The van der Waals surface area contributed by atoms with Gasteiger partial charge >= 0.3 is 0 Å². The predicted molar refractivity (Wildman–Crippen MR) is 110 cm³/mol. The Morgan fingerprint density at radius 2 is 1.64 bits per heavy atom. The van der Waals surface area contributed by atoms with Crippen molar-refractivity contribution in [2.75, 3.05) is 7.11 Å². The molecular weight excluding hydrogens is 372 g/mol. The number of methoxy groups -OCH3 is 1. The average Bonchev–Trinajstić information content (AvgIpc) is 3.07. The number of benzene rings is 2. The van der Waals surface area contributed by atoms with Gasteiger partial charge in [-0.15, -0.1) is 0 Å². The van der Waals surface area contributed by atoms with Crippen molar-refractivity contribution in [3.05, 3.63) is 78.1 Å². The highest BCUT2D eigenvalue weighted by Crippen LogP contribution is 2.37. The number of nitrogens with zero attached hydrogens (tertiary/aromatic N) is 2. The SMILES string of the molecule is COc1ccccc1-c1cn(S(=O)(=O)c2ccc(C)cc2)c2ncc(C)cc12. The summed E-state index contributed by atoms with van der Waals surface area (Å²) in [7, 11) is -2.19. The fourth-order valence-corrected chi connectivity index (χ4v) is 4.60. The largest absolute Gasteiger partial charge is 0.496 e. The van der Waals surface area contributed by atoms with E-state index in [2.05, 4.69) is 4.98 Å². The highest BCUT2D eigenvalue weighted by atomic mass is 32.2. The summed E-state index contributed by atoms with van der Waals surface area (Å²) in [6.45, 7) is 3.86. The van der Waals surface area contributed by atoms with Crippen LogP contribution in [-0.4, -0.2) is 24.5 Å². The van der Waals surface area contributed by atoms with Crippen LogP contribution in [0.5, 0.6) is 5.75 Å². The highest BCUT2D eigenvalue weighted by molar-refractivity contribution is 7.90. The van der Waals surface area contributed by atoms with E-state index in [9.17, 15) is 8.42 Å². The molecule has 0 spiro atoms. The fraction of sp³-hybridized carbons (Fsp3) is 0.136. The molecule has 5 nitrogen and oxygen atoms in total. The van der Waals surface area contributed by atoms with E-state index in [4.69, 9.17) is 4.74 Å². The minimum Gasteiger partial charge on any atom is -0.496 e. The number of aromatic nitrogens is 2. The summed E-state index contributed by atoms with van der Waals surface area (Å²) in [5.74, 6) is 0.677. The number of aryl methyl sites for hydroxylation is 2. The zero-order chi connectivity index (χ0) is 19.9. The monoisotopic (exact) mass is 392 g/mol. The quantitative estimate of drug-likeness (QED) is 0.511. The fourth-order valence-electron chi connectivity index (χ4n) is 3.27. The van der Waals surface area contributed by atoms with Crippen molar-refractivity contribution in [3.63, 3.8) is 0 Å². The van der Waals surface area contributed by atoms with Gasteiger partial charge in [0.05, 0.1) is 12.0 Å². The van der Waals surface area contributed by atoms with E-state index in [1.54, 1.807) is 43.8 Å². The molecule has 0 aliphatic rings. The summed E-state index contributed by atoms with van der Waals surface area (Å²) in [5, 5.41) is 0.764. The first-order chi connectivity index (χ1) is 13.4. The molecule has 0 bridgehead atoms. The molecule has 2 heterocycles. The molecule has 0 fully saturated rings. The molecule has 0 saturated heterocycles. The molecule has 0 N–H and O–H groups in total. The van der Waals surface area contributed by atoms with E-state index < -0.39 is 10.0 Å². The van der Waals surface area contributed by atoms with Gasteiger partial charge in [-0.3, -0.25) is 0 Å². The molecule has 0 aliphatic heterocycles. The second-order valence-electron chi connectivity index (χ2n) is 6.74. The summed E-state index contributed by atoms with van der Waals surface area (Å²) in [6.07, 6.45) is 3.31. The summed E-state index contributed by atoms with van der Waals surface area (Å²) >= 11 is 0. The van der Waals surface area contributed by atoms with Crippen LogP contribution in [-0.2, 0) is 10.0 Å². The van der Waals surface area contributed by atoms with Crippen LogP contribution < -0.4 is 4.74 Å². The van der Waals surface area contributed by atoms with Crippen molar-refractivity contribution < 1.29 is 13.2 Å². The lowest BCUT2D eigenvalue weighted by Crippen LogP contribution is -2.12. The molecule has 0 atom stereocenters. The van der Waals surface area contributed by atoms with Crippen molar-refractivity contribution in [1.29, 1.82) is 0 Å². The Morgan fingerprint density at radius 1 is 0.929 bits per heavy atom. The third-order valence-electron chi connectivity index (χ3n) is 4.72. The molecule has 4 rings (SSSR count). The minimum atomic E-state index is -3.79. The Hall–Kier alpha value is -3.12. The standard InChI is InChI=1S/C22H20N2O3S/c1-15-8-10-17(11-9-15)28(25,26)24-14-20(18-6-4-5-7-21(18)27-3)19-12-16(2)13-23-22(19)24/h4-14H,1-3H3. The molecule has 0 unspecified atom stereocenters. The van der Waals surface area contributed by atoms with Gasteiger partial charge in [0, 0.05) is 28.9 Å². The minimum absolute atomic E-state index is 0.226. The normalized spacial score (nSPS) is 11.7. The van der Waals surface area contributed by atoms with Gasteiger partial charge in [0.1, 0.15) is 5.75 Å². The van der Waals surface area contributed by atoms with Crippen molar-refractivity contribution in [2.24, 2.45) is 0 Å². The molecule has 28 heavy (non-hydrogen) atoms. The lowest BCUT2D eigenvalue weighted by Gasteiger charge is -2.07. The summed E-state index contributed by atoms with van der Waals surface area (Å²) < 4.78 is 33.4. The highest BCUT2D eigenvalue weighted by Gasteiger charge is 2.23. The Kier molecular flexibility index (Phi) is 4.43. The Labute approximate surface area is 164 Å². The van der Waals surface area contributed by atoms with Gasteiger partial charge in [-0.2, -0.15) is 0 Å². The second-order valence-corrected chi connectivity index (χ2v) is 8.56. The van der Waals surface area contributed by atoms with Gasteiger partial charge in [-0.1, -0.05) is 35.9 Å². The Balaban J connectivity index is 2.02. The van der Waals surface area contributed by atoms with Gasteiger partial charge in [0.15, 0.2) is 5.65 Å². The molecule has 0 aliphatic carbocycles. The second kappa shape index (κ2) is 6.80. The predicted octanol–water partition coefficient (Wildman–Crippen LogP) is 4.57. The van der Waals surface area contributed by atoms with Gasteiger partial charge in [0.2, 0.25) is 0 Å². The zero-order valence-electron chi connectivity index (χ0n) is 15.9. The Bertz CT molecular complexity index is 1270. The van der Waals surface area contributed by atoms with Gasteiger partial charge < -0.3 is 4.74 Å². The van der Waals surface area contributed by atoms with Crippen LogP contribution in [0.15, 0.2) is 71.9 Å². The number of pyridine rings is 1. The van der Waals surface area contributed by atoms with E-state index in [-0.39, 0.29) is 4.90 Å². The third-order valence-corrected chi connectivity index (χ3v) is 6.39. The number of hydrogen-bond acceptors (Lipinski definition) is 4. The van der Waals surface area contributed by atoms with E-state index in [0.717, 1.165) is 27.6 Å². The van der Waals surface area contributed by atoms with Crippen molar-refractivity contribution in [2.45, 2.75) is 18.7 Å². The van der Waals surface area contributed by atoms with Gasteiger partial charge in [-0.25, -0.2) is 17.4 Å². The van der Waals surface area contributed by atoms with Gasteiger partial charge in [-0.05, 0) is 43.7 Å². The van der Waals surface area contributed by atoms with Crippen LogP contribution >= 0.6 is 0 Å². The Morgan fingerprint density at radius 3 is 2.36 bits per heavy atom. The molecular formula is C22H20N2O3S. The molecule has 2 aromatic carbocycles. The maximum atomic E-state index is 13.3. The van der Waals surface area contributed by atoms with Crippen LogP contribution in [0.2, 0.25) is 0 Å². The summed E-state index contributed by atoms with van der Waals surface area (Å²) in [6, 6.07) is 16.3. The van der Waals surface area contributed by atoms with Crippen LogP contribution in [0.25, 0.3) is 22.2 Å². The molecule has 6 heteroatoms. The lowest BCUT2D eigenvalue weighted by molar-refractivity contribution is 0.416. The summed E-state index contributed by atoms with van der Waals surface area (Å²) in [4.78, 5) is 4.66. The number of para-hydroxylation sites is 1. The first-order valence-electron chi connectivity index (χ1n) is 8.85. The maximum Gasteiger partial charge on any atom is 0.269 e. The molecule has 2 aromatic heterocycles.